The summed E-state index contributed by atoms with van der Waals surface area (Å²) >= 11 is 1.48. The first kappa shape index (κ1) is 17.3. The third-order valence-corrected chi connectivity index (χ3v) is 3.84. The Balaban J connectivity index is 2.15. The molecule has 0 bridgehead atoms. The highest BCUT2D eigenvalue weighted by atomic mass is 32.2. The Hall–Kier alpha value is -2.02. The SMILES string of the molecule is CSc1ccc(C(=O)OCc2c(F)cccc2C(F)(F)F)cc1. The van der Waals surface area contributed by atoms with E-state index in [9.17, 15) is 22.4 Å². The van der Waals surface area contributed by atoms with Crippen molar-refractivity contribution in [2.75, 3.05) is 6.26 Å². The normalized spacial score (nSPS) is 11.3. The van der Waals surface area contributed by atoms with Gasteiger partial charge in [-0.1, -0.05) is 6.07 Å². The van der Waals surface area contributed by atoms with Crippen LogP contribution in [0.3, 0.4) is 0 Å². The van der Waals surface area contributed by atoms with Gasteiger partial charge in [-0.15, -0.1) is 11.8 Å². The molecule has 0 fully saturated rings. The molecule has 0 radical (unpaired) electrons. The molecule has 2 aromatic rings. The largest absolute Gasteiger partial charge is 0.457 e. The van der Waals surface area contributed by atoms with Crippen molar-refractivity contribution in [1.29, 1.82) is 0 Å². The van der Waals surface area contributed by atoms with Crippen LogP contribution in [0.1, 0.15) is 21.5 Å². The fraction of sp³-hybridized carbons (Fsp3) is 0.188. The number of esters is 1. The average Bonchev–Trinajstić information content (AvgIpc) is 2.52. The lowest BCUT2D eigenvalue weighted by Gasteiger charge is -2.13. The van der Waals surface area contributed by atoms with Crippen LogP contribution in [-0.2, 0) is 17.5 Å². The molecule has 7 heteroatoms. The number of hydrogen-bond donors (Lipinski definition) is 0. The van der Waals surface area contributed by atoms with Crippen molar-refractivity contribution in [3.8, 4) is 0 Å². The highest BCUT2D eigenvalue weighted by molar-refractivity contribution is 7.98. The summed E-state index contributed by atoms with van der Waals surface area (Å²) in [6.45, 7) is -0.787. The van der Waals surface area contributed by atoms with E-state index in [1.807, 2.05) is 6.26 Å². The molecule has 0 saturated carbocycles. The third kappa shape index (κ3) is 4.25. The smallest absolute Gasteiger partial charge is 0.416 e. The Bertz CT molecular complexity index is 696. The number of halogens is 4. The topological polar surface area (TPSA) is 26.3 Å². The zero-order valence-corrected chi connectivity index (χ0v) is 12.8. The summed E-state index contributed by atoms with van der Waals surface area (Å²) in [4.78, 5) is 12.8. The molecule has 23 heavy (non-hydrogen) atoms. The van der Waals surface area contributed by atoms with Crippen LogP contribution in [-0.4, -0.2) is 12.2 Å². The standard InChI is InChI=1S/C16H12F4O2S/c1-23-11-7-5-10(6-8-11)15(21)22-9-12-13(16(18,19)20)3-2-4-14(12)17/h2-8H,9H2,1H3. The van der Waals surface area contributed by atoms with E-state index in [4.69, 9.17) is 4.74 Å². The summed E-state index contributed by atoms with van der Waals surface area (Å²) in [5.41, 5.74) is -1.65. The molecular weight excluding hydrogens is 332 g/mol. The molecular formula is C16H12F4O2S. The minimum atomic E-state index is -4.72. The van der Waals surface area contributed by atoms with Gasteiger partial charge < -0.3 is 4.74 Å². The van der Waals surface area contributed by atoms with E-state index in [0.717, 1.165) is 23.1 Å². The molecule has 2 nitrogen and oxygen atoms in total. The highest BCUT2D eigenvalue weighted by Gasteiger charge is 2.34. The lowest BCUT2D eigenvalue weighted by Crippen LogP contribution is -2.13. The van der Waals surface area contributed by atoms with Crippen LogP contribution in [0.4, 0.5) is 17.6 Å². The van der Waals surface area contributed by atoms with Gasteiger partial charge in [0.05, 0.1) is 11.1 Å². The Labute approximate surface area is 134 Å². The van der Waals surface area contributed by atoms with Gasteiger partial charge in [0.1, 0.15) is 12.4 Å². The fourth-order valence-electron chi connectivity index (χ4n) is 1.92. The summed E-state index contributed by atoms with van der Waals surface area (Å²) in [7, 11) is 0. The molecule has 0 spiro atoms. The Morgan fingerprint density at radius 2 is 1.78 bits per heavy atom. The lowest BCUT2D eigenvalue weighted by atomic mass is 10.1. The zero-order chi connectivity index (χ0) is 17.0. The summed E-state index contributed by atoms with van der Waals surface area (Å²) in [6.07, 6.45) is -2.85. The Morgan fingerprint density at radius 3 is 2.35 bits per heavy atom. The molecule has 0 atom stereocenters. The highest BCUT2D eigenvalue weighted by Crippen LogP contribution is 2.33. The molecule has 0 aliphatic rings. The van der Waals surface area contributed by atoms with Crippen molar-refractivity contribution < 1.29 is 27.1 Å². The molecule has 0 aliphatic heterocycles. The zero-order valence-electron chi connectivity index (χ0n) is 12.0. The number of alkyl halides is 3. The van der Waals surface area contributed by atoms with Crippen LogP contribution in [0.5, 0.6) is 0 Å². The molecule has 0 heterocycles. The maximum atomic E-state index is 13.6. The molecule has 0 aliphatic carbocycles. The maximum Gasteiger partial charge on any atom is 0.416 e. The second-order valence-corrected chi connectivity index (χ2v) is 5.45. The van der Waals surface area contributed by atoms with Crippen LogP contribution in [0, 0.1) is 5.82 Å². The monoisotopic (exact) mass is 344 g/mol. The van der Waals surface area contributed by atoms with Gasteiger partial charge in [0, 0.05) is 10.5 Å². The molecule has 2 rings (SSSR count). The van der Waals surface area contributed by atoms with E-state index in [2.05, 4.69) is 0 Å². The number of hydrogen-bond acceptors (Lipinski definition) is 3. The average molecular weight is 344 g/mol. The van der Waals surface area contributed by atoms with Crippen LogP contribution in [0.25, 0.3) is 0 Å². The molecule has 2 aromatic carbocycles. The van der Waals surface area contributed by atoms with Crippen LogP contribution < -0.4 is 0 Å². The van der Waals surface area contributed by atoms with Gasteiger partial charge in [0.25, 0.3) is 0 Å². The first-order chi connectivity index (χ1) is 10.8. The van der Waals surface area contributed by atoms with Crippen molar-refractivity contribution in [1.82, 2.24) is 0 Å². The van der Waals surface area contributed by atoms with Crippen molar-refractivity contribution in [3.05, 3.63) is 65.0 Å². The van der Waals surface area contributed by atoms with Crippen molar-refractivity contribution in [2.45, 2.75) is 17.7 Å². The molecule has 122 valence electrons. The Morgan fingerprint density at radius 1 is 1.13 bits per heavy atom. The van der Waals surface area contributed by atoms with E-state index in [0.29, 0.717) is 0 Å². The summed E-state index contributed by atoms with van der Waals surface area (Å²) in [6, 6.07) is 8.98. The second-order valence-electron chi connectivity index (χ2n) is 4.57. The quantitative estimate of drug-likeness (QED) is 0.447. The number of thioether (sulfide) groups is 1. The summed E-state index contributed by atoms with van der Waals surface area (Å²) in [5.74, 6) is -1.88. The minimum absolute atomic E-state index is 0.188. The van der Waals surface area contributed by atoms with Gasteiger partial charge >= 0.3 is 12.1 Å². The number of carbonyl (C=O) groups excluding carboxylic acids is 1. The number of benzene rings is 2. The van der Waals surface area contributed by atoms with Crippen molar-refractivity contribution >= 4 is 17.7 Å². The number of ether oxygens (including phenoxy) is 1. The van der Waals surface area contributed by atoms with Gasteiger partial charge in [-0.2, -0.15) is 13.2 Å². The van der Waals surface area contributed by atoms with Crippen molar-refractivity contribution in [3.63, 3.8) is 0 Å². The molecule has 0 aromatic heterocycles. The van der Waals surface area contributed by atoms with Gasteiger partial charge in [0.15, 0.2) is 0 Å². The van der Waals surface area contributed by atoms with E-state index >= 15 is 0 Å². The maximum absolute atomic E-state index is 13.6. The molecule has 0 saturated heterocycles. The first-order valence-corrected chi connectivity index (χ1v) is 7.71. The van der Waals surface area contributed by atoms with E-state index < -0.39 is 35.7 Å². The summed E-state index contributed by atoms with van der Waals surface area (Å²) in [5, 5.41) is 0. The Kier molecular flexibility index (Phi) is 5.30. The molecule has 0 amide bonds. The number of rotatable bonds is 4. The predicted octanol–water partition coefficient (Wildman–Crippen LogP) is 4.92. The summed E-state index contributed by atoms with van der Waals surface area (Å²) < 4.78 is 57.0. The van der Waals surface area contributed by atoms with E-state index in [1.54, 1.807) is 12.1 Å². The van der Waals surface area contributed by atoms with Gasteiger partial charge in [0.2, 0.25) is 0 Å². The van der Waals surface area contributed by atoms with Crippen LogP contribution in [0.2, 0.25) is 0 Å². The second kappa shape index (κ2) is 7.04. The van der Waals surface area contributed by atoms with Crippen molar-refractivity contribution in [2.24, 2.45) is 0 Å². The third-order valence-electron chi connectivity index (χ3n) is 3.10. The van der Waals surface area contributed by atoms with Gasteiger partial charge in [-0.05, 0) is 42.7 Å². The van der Waals surface area contributed by atoms with E-state index in [-0.39, 0.29) is 5.56 Å². The molecule has 0 N–H and O–H groups in total. The van der Waals surface area contributed by atoms with Crippen LogP contribution >= 0.6 is 11.8 Å². The lowest BCUT2D eigenvalue weighted by molar-refractivity contribution is -0.139. The van der Waals surface area contributed by atoms with E-state index in [1.165, 1.54) is 23.9 Å². The fourth-order valence-corrected chi connectivity index (χ4v) is 2.33. The van der Waals surface area contributed by atoms with Crippen LogP contribution in [0.15, 0.2) is 47.4 Å². The first-order valence-electron chi connectivity index (χ1n) is 6.48. The van der Waals surface area contributed by atoms with Gasteiger partial charge in [-0.25, -0.2) is 9.18 Å². The van der Waals surface area contributed by atoms with Gasteiger partial charge in [-0.3, -0.25) is 0 Å². The number of carbonyl (C=O) groups is 1. The predicted molar refractivity (Wildman–Crippen MR) is 78.7 cm³/mol. The molecule has 0 unspecified atom stereocenters. The minimum Gasteiger partial charge on any atom is -0.457 e.